The number of hydrogen-bond donors (Lipinski definition) is 1. The van der Waals surface area contributed by atoms with E-state index in [0.717, 1.165) is 0 Å². The summed E-state index contributed by atoms with van der Waals surface area (Å²) >= 11 is 0. The topological polar surface area (TPSA) is 20.2 Å². The highest BCUT2D eigenvalue weighted by atomic mass is 16.3. The predicted octanol–water partition coefficient (Wildman–Crippen LogP) is 2.51. The van der Waals surface area contributed by atoms with Crippen LogP contribution in [0.1, 0.15) is 19.4 Å². The summed E-state index contributed by atoms with van der Waals surface area (Å²) in [6.07, 6.45) is 2.13. The molecule has 0 saturated heterocycles. The van der Waals surface area contributed by atoms with Crippen molar-refractivity contribution in [3.8, 4) is 0 Å². The van der Waals surface area contributed by atoms with Gasteiger partial charge in [0.2, 0.25) is 0 Å². The molecule has 14 heavy (non-hydrogen) atoms. The lowest BCUT2D eigenvalue weighted by Crippen LogP contribution is -2.14. The third kappa shape index (κ3) is 1.05. The molecule has 1 aromatic rings. The molecule has 0 amide bonds. The third-order valence-electron chi connectivity index (χ3n) is 3.49. The van der Waals surface area contributed by atoms with E-state index in [1.165, 1.54) is 11.1 Å². The molecule has 0 radical (unpaired) electrons. The normalized spacial score (nSPS) is 33.4. The van der Waals surface area contributed by atoms with E-state index in [1.54, 1.807) is 0 Å². The molecule has 0 heterocycles. The molecule has 1 saturated carbocycles. The fourth-order valence-electron chi connectivity index (χ4n) is 2.55. The average molecular weight is 188 g/mol. The Labute approximate surface area is 85.1 Å². The van der Waals surface area contributed by atoms with Gasteiger partial charge in [0.05, 0.1) is 6.61 Å². The van der Waals surface area contributed by atoms with E-state index in [-0.39, 0.29) is 12.0 Å². The van der Waals surface area contributed by atoms with E-state index in [4.69, 9.17) is 0 Å². The molecular weight excluding hydrogens is 172 g/mol. The highest BCUT2D eigenvalue weighted by molar-refractivity contribution is 5.52. The van der Waals surface area contributed by atoms with Crippen molar-refractivity contribution in [2.75, 3.05) is 6.61 Å². The molecular formula is C13H16O. The molecule has 1 N–H and O–H groups in total. The van der Waals surface area contributed by atoms with Gasteiger partial charge < -0.3 is 5.11 Å². The second-order valence-corrected chi connectivity index (χ2v) is 3.96. The van der Waals surface area contributed by atoms with E-state index in [9.17, 15) is 5.11 Å². The summed E-state index contributed by atoms with van der Waals surface area (Å²) in [4.78, 5) is 0. The maximum atomic E-state index is 9.54. The minimum absolute atomic E-state index is 0.0734. The largest absolute Gasteiger partial charge is 0.395 e. The molecule has 0 unspecified atom stereocenters. The monoisotopic (exact) mass is 188 g/mol. The van der Waals surface area contributed by atoms with E-state index in [0.29, 0.717) is 5.92 Å². The van der Waals surface area contributed by atoms with Gasteiger partial charge in [-0.3, -0.25) is 0 Å². The van der Waals surface area contributed by atoms with E-state index in [1.807, 2.05) is 25.1 Å². The van der Waals surface area contributed by atoms with Crippen LogP contribution in [0, 0.1) is 5.92 Å². The van der Waals surface area contributed by atoms with Crippen molar-refractivity contribution in [1.82, 2.24) is 0 Å². The van der Waals surface area contributed by atoms with Gasteiger partial charge in [0.25, 0.3) is 0 Å². The fraction of sp³-hybridized carbons (Fsp3) is 0.385. The first-order valence-electron chi connectivity index (χ1n) is 5.10. The maximum absolute atomic E-state index is 9.54. The lowest BCUT2D eigenvalue weighted by Gasteiger charge is -2.12. The summed E-state index contributed by atoms with van der Waals surface area (Å²) < 4.78 is 0. The Bertz CT molecular complexity index is 353. The summed E-state index contributed by atoms with van der Waals surface area (Å²) in [5.74, 6) is 0.486. The Morgan fingerprint density at radius 2 is 2.00 bits per heavy atom. The number of aliphatic hydroxyl groups is 1. The summed E-state index contributed by atoms with van der Waals surface area (Å²) in [5.41, 5.74) is 2.53. The van der Waals surface area contributed by atoms with Crippen molar-refractivity contribution < 1.29 is 5.11 Å². The van der Waals surface area contributed by atoms with Crippen molar-refractivity contribution in [3.05, 3.63) is 47.5 Å². The Morgan fingerprint density at radius 1 is 1.36 bits per heavy atom. The van der Waals surface area contributed by atoms with Crippen LogP contribution in [0.5, 0.6) is 0 Å². The van der Waals surface area contributed by atoms with Crippen molar-refractivity contribution in [1.29, 1.82) is 0 Å². The second-order valence-electron chi connectivity index (χ2n) is 3.96. The molecule has 2 atom stereocenters. The average Bonchev–Trinajstić information content (AvgIpc) is 2.85. The molecule has 1 aliphatic carbocycles. The van der Waals surface area contributed by atoms with Gasteiger partial charge in [0.15, 0.2) is 0 Å². The standard InChI is InChI=1S/C13H16O/c1-3-12-10(2)13(12,9-14)11-7-5-4-6-8-11/h3-8,10,14H,9H2,1-2H3/b12-3-/t10-,13+/m0/s1. The summed E-state index contributed by atoms with van der Waals surface area (Å²) in [7, 11) is 0. The zero-order valence-corrected chi connectivity index (χ0v) is 8.70. The third-order valence-corrected chi connectivity index (χ3v) is 3.49. The van der Waals surface area contributed by atoms with Crippen LogP contribution < -0.4 is 0 Å². The molecule has 1 aliphatic rings. The predicted molar refractivity (Wildman–Crippen MR) is 58.1 cm³/mol. The number of benzene rings is 1. The summed E-state index contributed by atoms with van der Waals surface area (Å²) in [6.45, 7) is 4.45. The molecule has 0 bridgehead atoms. The van der Waals surface area contributed by atoms with Gasteiger partial charge in [-0.25, -0.2) is 0 Å². The van der Waals surface area contributed by atoms with Crippen LogP contribution in [0.4, 0.5) is 0 Å². The highest BCUT2D eigenvalue weighted by Crippen LogP contribution is 2.58. The minimum Gasteiger partial charge on any atom is -0.395 e. The van der Waals surface area contributed by atoms with Gasteiger partial charge in [-0.15, -0.1) is 0 Å². The van der Waals surface area contributed by atoms with Crippen molar-refractivity contribution in [2.24, 2.45) is 5.92 Å². The Hall–Kier alpha value is -1.08. The Balaban J connectivity index is 2.43. The molecule has 0 spiro atoms. The zero-order chi connectivity index (χ0) is 10.2. The van der Waals surface area contributed by atoms with Crippen molar-refractivity contribution in [3.63, 3.8) is 0 Å². The molecule has 2 rings (SSSR count). The van der Waals surface area contributed by atoms with Crippen LogP contribution in [0.15, 0.2) is 42.0 Å². The Kier molecular flexibility index (Phi) is 2.20. The van der Waals surface area contributed by atoms with Crippen LogP contribution in [-0.2, 0) is 5.41 Å². The van der Waals surface area contributed by atoms with E-state index < -0.39 is 0 Å². The van der Waals surface area contributed by atoms with Gasteiger partial charge >= 0.3 is 0 Å². The van der Waals surface area contributed by atoms with Crippen LogP contribution in [0.25, 0.3) is 0 Å². The van der Waals surface area contributed by atoms with Crippen LogP contribution >= 0.6 is 0 Å². The lowest BCUT2D eigenvalue weighted by molar-refractivity contribution is 0.251. The van der Waals surface area contributed by atoms with Gasteiger partial charge in [-0.05, 0) is 18.4 Å². The minimum atomic E-state index is -0.0734. The van der Waals surface area contributed by atoms with Crippen LogP contribution in [0.3, 0.4) is 0 Å². The number of hydrogen-bond acceptors (Lipinski definition) is 1. The SMILES string of the molecule is C/C=C1/[C@H](C)[C@]1(CO)c1ccccc1. The molecule has 1 nitrogen and oxygen atoms in total. The molecule has 0 aromatic heterocycles. The number of aliphatic hydroxyl groups excluding tert-OH is 1. The number of allylic oxidation sites excluding steroid dienone is 1. The Morgan fingerprint density at radius 3 is 2.43 bits per heavy atom. The first-order valence-corrected chi connectivity index (χ1v) is 5.10. The van der Waals surface area contributed by atoms with Crippen LogP contribution in [-0.4, -0.2) is 11.7 Å². The first-order chi connectivity index (χ1) is 6.77. The van der Waals surface area contributed by atoms with Gasteiger partial charge in [-0.2, -0.15) is 0 Å². The second kappa shape index (κ2) is 3.25. The van der Waals surface area contributed by atoms with E-state index in [2.05, 4.69) is 25.1 Å². The van der Waals surface area contributed by atoms with Crippen LogP contribution in [0.2, 0.25) is 0 Å². The first kappa shape index (κ1) is 9.47. The quantitative estimate of drug-likeness (QED) is 0.707. The molecule has 1 heteroatoms. The lowest BCUT2D eigenvalue weighted by atomic mass is 9.94. The number of rotatable bonds is 2. The summed E-state index contributed by atoms with van der Waals surface area (Å²) in [6, 6.07) is 10.3. The van der Waals surface area contributed by atoms with Crippen molar-refractivity contribution in [2.45, 2.75) is 19.3 Å². The smallest absolute Gasteiger partial charge is 0.0571 e. The van der Waals surface area contributed by atoms with E-state index >= 15 is 0 Å². The highest BCUT2D eigenvalue weighted by Gasteiger charge is 2.56. The zero-order valence-electron chi connectivity index (χ0n) is 8.70. The maximum Gasteiger partial charge on any atom is 0.0571 e. The molecule has 1 fully saturated rings. The van der Waals surface area contributed by atoms with Gasteiger partial charge in [-0.1, -0.05) is 48.9 Å². The molecule has 1 aromatic carbocycles. The summed E-state index contributed by atoms with van der Waals surface area (Å²) in [5, 5.41) is 9.54. The van der Waals surface area contributed by atoms with Crippen molar-refractivity contribution >= 4 is 0 Å². The van der Waals surface area contributed by atoms with Gasteiger partial charge in [0, 0.05) is 5.41 Å². The molecule has 74 valence electrons. The van der Waals surface area contributed by atoms with Gasteiger partial charge in [0.1, 0.15) is 0 Å². The fourth-order valence-corrected chi connectivity index (χ4v) is 2.55. The molecule has 0 aliphatic heterocycles.